The van der Waals surface area contributed by atoms with Crippen LogP contribution in [0, 0.1) is 5.92 Å². The Kier molecular flexibility index (Phi) is 6.91. The van der Waals surface area contributed by atoms with Crippen molar-refractivity contribution in [3.05, 3.63) is 23.8 Å². The lowest BCUT2D eigenvalue weighted by Crippen LogP contribution is -2.38. The number of nitrogens with one attached hydrogen (secondary N) is 1. The third-order valence-corrected chi connectivity index (χ3v) is 5.17. The molecule has 1 saturated carbocycles. The van der Waals surface area contributed by atoms with Crippen molar-refractivity contribution in [1.29, 1.82) is 0 Å². The predicted molar refractivity (Wildman–Crippen MR) is 108 cm³/mol. The highest BCUT2D eigenvalue weighted by Crippen LogP contribution is 2.33. The fraction of sp³-hybridized carbons (Fsp3) is 0.619. The zero-order valence-corrected chi connectivity index (χ0v) is 17.1. The maximum absolute atomic E-state index is 12.9. The van der Waals surface area contributed by atoms with Gasteiger partial charge in [0.15, 0.2) is 0 Å². The number of amides is 2. The molecule has 1 aromatic rings. The van der Waals surface area contributed by atoms with Gasteiger partial charge in [0.05, 0.1) is 6.10 Å². The average molecular weight is 389 g/mol. The molecule has 1 aliphatic carbocycles. The summed E-state index contributed by atoms with van der Waals surface area (Å²) in [7, 11) is 5.46. The molecule has 2 amide bonds. The summed E-state index contributed by atoms with van der Waals surface area (Å²) >= 11 is 0. The molecule has 154 valence electrons. The first-order valence-electron chi connectivity index (χ1n) is 9.97. The number of nitrogens with zero attached hydrogens (tertiary/aromatic N) is 2. The fourth-order valence-corrected chi connectivity index (χ4v) is 3.62. The van der Waals surface area contributed by atoms with E-state index in [0.717, 1.165) is 43.5 Å². The van der Waals surface area contributed by atoms with Crippen LogP contribution in [0.3, 0.4) is 0 Å². The van der Waals surface area contributed by atoms with Crippen LogP contribution in [0.15, 0.2) is 18.2 Å². The van der Waals surface area contributed by atoms with Gasteiger partial charge in [0, 0.05) is 58.2 Å². The quantitative estimate of drug-likeness (QED) is 0.701. The normalized spacial score (nSPS) is 18.8. The first-order chi connectivity index (χ1) is 13.5. The summed E-state index contributed by atoms with van der Waals surface area (Å²) in [5.41, 5.74) is 2.75. The number of benzene rings is 1. The molecule has 7 heteroatoms. The van der Waals surface area contributed by atoms with Crippen LogP contribution >= 0.6 is 0 Å². The van der Waals surface area contributed by atoms with E-state index in [4.69, 9.17) is 9.47 Å². The van der Waals surface area contributed by atoms with Crippen molar-refractivity contribution < 1.29 is 19.1 Å². The minimum absolute atomic E-state index is 0.01000. The second kappa shape index (κ2) is 9.39. The van der Waals surface area contributed by atoms with E-state index < -0.39 is 0 Å². The van der Waals surface area contributed by atoms with Gasteiger partial charge in [-0.2, -0.15) is 0 Å². The van der Waals surface area contributed by atoms with Crippen LogP contribution in [0.2, 0.25) is 0 Å². The minimum atomic E-state index is -0.198. The van der Waals surface area contributed by atoms with Crippen LogP contribution in [-0.4, -0.2) is 63.8 Å². The molecule has 7 nitrogen and oxygen atoms in total. The number of ether oxygens (including phenoxy) is 2. The van der Waals surface area contributed by atoms with E-state index in [-0.39, 0.29) is 30.4 Å². The molecule has 1 aliphatic heterocycles. The van der Waals surface area contributed by atoms with Crippen LogP contribution in [0.4, 0.5) is 11.4 Å². The van der Waals surface area contributed by atoms with Crippen molar-refractivity contribution >= 4 is 23.2 Å². The smallest absolute Gasteiger partial charge is 0.250 e. The van der Waals surface area contributed by atoms with Gasteiger partial charge in [-0.3, -0.25) is 9.59 Å². The van der Waals surface area contributed by atoms with E-state index in [1.807, 2.05) is 42.1 Å². The lowest BCUT2D eigenvalue weighted by atomic mass is 10.1. The highest BCUT2D eigenvalue weighted by molar-refractivity contribution is 5.92. The lowest BCUT2D eigenvalue weighted by Gasteiger charge is -2.28. The summed E-state index contributed by atoms with van der Waals surface area (Å²) in [5.74, 6) is 0.180. The van der Waals surface area contributed by atoms with Gasteiger partial charge < -0.3 is 24.6 Å². The van der Waals surface area contributed by atoms with Crippen LogP contribution in [0.1, 0.15) is 31.2 Å². The van der Waals surface area contributed by atoms with Gasteiger partial charge in [-0.25, -0.2) is 0 Å². The Labute approximate surface area is 167 Å². The Bertz CT molecular complexity index is 697. The molecule has 2 fully saturated rings. The maximum atomic E-state index is 12.9. The molecule has 3 rings (SSSR count). The van der Waals surface area contributed by atoms with E-state index in [1.54, 1.807) is 0 Å². The SMILES string of the molecule is COCC(=O)Nc1ccc(N(C)C)c(CN(CC2CCCO2)C(=O)C2CC2)c1. The Morgan fingerprint density at radius 2 is 2.04 bits per heavy atom. The van der Waals surface area contributed by atoms with E-state index in [2.05, 4.69) is 5.32 Å². The third-order valence-electron chi connectivity index (χ3n) is 5.17. The van der Waals surface area contributed by atoms with Gasteiger partial charge in [0.2, 0.25) is 11.8 Å². The number of hydrogen-bond donors (Lipinski definition) is 1. The lowest BCUT2D eigenvalue weighted by molar-refractivity contribution is -0.134. The van der Waals surface area contributed by atoms with E-state index in [0.29, 0.717) is 18.8 Å². The van der Waals surface area contributed by atoms with E-state index >= 15 is 0 Å². The summed E-state index contributed by atoms with van der Waals surface area (Å²) < 4.78 is 10.7. The van der Waals surface area contributed by atoms with Crippen molar-refractivity contribution in [3.63, 3.8) is 0 Å². The molecular formula is C21H31N3O4. The van der Waals surface area contributed by atoms with Crippen LogP contribution in [0.5, 0.6) is 0 Å². The van der Waals surface area contributed by atoms with Gasteiger partial charge >= 0.3 is 0 Å². The Morgan fingerprint density at radius 1 is 1.25 bits per heavy atom. The average Bonchev–Trinajstić information content (AvgIpc) is 3.38. The molecule has 1 saturated heterocycles. The molecule has 1 aromatic carbocycles. The molecule has 2 aliphatic rings. The first kappa shape index (κ1) is 20.6. The van der Waals surface area contributed by atoms with Crippen molar-refractivity contribution in [3.8, 4) is 0 Å². The van der Waals surface area contributed by atoms with Crippen molar-refractivity contribution in [1.82, 2.24) is 4.90 Å². The molecule has 1 N–H and O–H groups in total. The highest BCUT2D eigenvalue weighted by atomic mass is 16.5. The van der Waals surface area contributed by atoms with Crippen molar-refractivity contribution in [2.24, 2.45) is 5.92 Å². The summed E-state index contributed by atoms with van der Waals surface area (Å²) in [4.78, 5) is 28.7. The van der Waals surface area contributed by atoms with Gasteiger partial charge in [0.1, 0.15) is 6.61 Å². The topological polar surface area (TPSA) is 71.1 Å². The van der Waals surface area contributed by atoms with Crippen molar-refractivity contribution in [2.75, 3.05) is 51.2 Å². The Balaban J connectivity index is 1.80. The number of methoxy groups -OCH3 is 1. The standard InChI is InChI=1S/C21H31N3O4/c1-23(2)19-9-8-17(22-20(25)14-27-3)11-16(19)12-24(21(26)15-6-7-15)13-18-5-4-10-28-18/h8-9,11,15,18H,4-7,10,12-14H2,1-3H3,(H,22,25). The van der Waals surface area contributed by atoms with Crippen LogP contribution in [0.25, 0.3) is 0 Å². The van der Waals surface area contributed by atoms with Crippen LogP contribution < -0.4 is 10.2 Å². The summed E-state index contributed by atoms with van der Waals surface area (Å²) in [6, 6.07) is 5.80. The zero-order valence-electron chi connectivity index (χ0n) is 17.1. The van der Waals surface area contributed by atoms with Gasteiger partial charge in [-0.05, 0) is 49.4 Å². The van der Waals surface area contributed by atoms with Gasteiger partial charge in [0.25, 0.3) is 0 Å². The molecular weight excluding hydrogens is 358 g/mol. The Morgan fingerprint density at radius 3 is 2.64 bits per heavy atom. The van der Waals surface area contributed by atoms with Crippen LogP contribution in [-0.2, 0) is 25.6 Å². The molecule has 0 radical (unpaired) electrons. The number of hydrogen-bond acceptors (Lipinski definition) is 5. The molecule has 1 atom stereocenters. The van der Waals surface area contributed by atoms with E-state index in [1.165, 1.54) is 7.11 Å². The summed E-state index contributed by atoms with van der Waals surface area (Å²) in [6.07, 6.45) is 4.14. The van der Waals surface area contributed by atoms with Crippen molar-refractivity contribution in [2.45, 2.75) is 38.3 Å². The van der Waals surface area contributed by atoms with Gasteiger partial charge in [-0.1, -0.05) is 0 Å². The number of carbonyl (C=O) groups is 2. The largest absolute Gasteiger partial charge is 0.377 e. The predicted octanol–water partition coefficient (Wildman–Crippen LogP) is 2.26. The second-order valence-electron chi connectivity index (χ2n) is 7.85. The highest BCUT2D eigenvalue weighted by Gasteiger charge is 2.35. The molecule has 1 unspecified atom stereocenters. The first-order valence-corrected chi connectivity index (χ1v) is 9.97. The molecule has 1 heterocycles. The molecule has 0 bridgehead atoms. The minimum Gasteiger partial charge on any atom is -0.377 e. The maximum Gasteiger partial charge on any atom is 0.250 e. The molecule has 28 heavy (non-hydrogen) atoms. The van der Waals surface area contributed by atoms with E-state index in [9.17, 15) is 9.59 Å². The Hall–Kier alpha value is -2.12. The number of carbonyl (C=O) groups excluding carboxylic acids is 2. The molecule has 0 spiro atoms. The summed E-state index contributed by atoms with van der Waals surface area (Å²) in [6.45, 7) is 1.93. The number of rotatable bonds is 9. The number of anilines is 2. The summed E-state index contributed by atoms with van der Waals surface area (Å²) in [5, 5.41) is 2.85. The monoisotopic (exact) mass is 389 g/mol. The molecule has 0 aromatic heterocycles. The zero-order chi connectivity index (χ0) is 20.1. The third kappa shape index (κ3) is 5.45. The second-order valence-corrected chi connectivity index (χ2v) is 7.85. The van der Waals surface area contributed by atoms with Gasteiger partial charge in [-0.15, -0.1) is 0 Å². The fourth-order valence-electron chi connectivity index (χ4n) is 3.62.